The van der Waals surface area contributed by atoms with Crippen molar-refractivity contribution < 1.29 is 22.7 Å². The zero-order valence-electron chi connectivity index (χ0n) is 14.9. The molecule has 1 aliphatic heterocycles. The molecule has 3 rings (SSSR count). The highest BCUT2D eigenvalue weighted by molar-refractivity contribution is 7.89. The average Bonchev–Trinajstić information content (AvgIpc) is 3.09. The van der Waals surface area contributed by atoms with Gasteiger partial charge in [-0.2, -0.15) is 4.31 Å². The molecule has 1 fully saturated rings. The summed E-state index contributed by atoms with van der Waals surface area (Å²) >= 11 is 0. The summed E-state index contributed by atoms with van der Waals surface area (Å²) in [7, 11) is -3.63. The van der Waals surface area contributed by atoms with Gasteiger partial charge in [0.2, 0.25) is 15.9 Å². The number of aryl methyl sites for hydroxylation is 1. The maximum Gasteiger partial charge on any atom is 0.255 e. The molecular formula is C18H21N3O5S. The number of hydrogen-bond donors (Lipinski definition) is 1. The molecule has 1 aromatic carbocycles. The van der Waals surface area contributed by atoms with Gasteiger partial charge in [0.05, 0.1) is 11.4 Å². The van der Waals surface area contributed by atoms with Crippen molar-refractivity contribution in [3.05, 3.63) is 48.2 Å². The molecule has 2 aromatic rings. The first-order valence-corrected chi connectivity index (χ1v) is 9.90. The highest BCUT2D eigenvalue weighted by atomic mass is 32.2. The van der Waals surface area contributed by atoms with E-state index >= 15 is 0 Å². The molecule has 0 unspecified atom stereocenters. The van der Waals surface area contributed by atoms with Crippen LogP contribution in [-0.4, -0.2) is 49.4 Å². The van der Waals surface area contributed by atoms with Gasteiger partial charge in [-0.1, -0.05) is 6.07 Å². The summed E-state index contributed by atoms with van der Waals surface area (Å²) in [5.74, 6) is 0.272. The van der Waals surface area contributed by atoms with E-state index in [1.165, 1.54) is 28.6 Å². The number of primary amides is 1. The van der Waals surface area contributed by atoms with Crippen LogP contribution in [0.15, 0.2) is 47.4 Å². The average molecular weight is 391 g/mol. The minimum Gasteiger partial charge on any atom is -0.484 e. The second-order valence-corrected chi connectivity index (χ2v) is 8.17. The molecule has 0 radical (unpaired) electrons. The van der Waals surface area contributed by atoms with E-state index in [0.717, 1.165) is 5.69 Å². The van der Waals surface area contributed by atoms with Crippen LogP contribution in [0, 0.1) is 6.92 Å². The summed E-state index contributed by atoms with van der Waals surface area (Å²) in [5, 5.41) is 0. The Morgan fingerprint density at radius 1 is 1.26 bits per heavy atom. The Balaban J connectivity index is 1.64. The van der Waals surface area contributed by atoms with Gasteiger partial charge in [-0.15, -0.1) is 0 Å². The van der Waals surface area contributed by atoms with Gasteiger partial charge in [0.15, 0.2) is 6.61 Å². The molecule has 0 aliphatic carbocycles. The number of carbonyl (C=O) groups excluding carboxylic acids is 1. The van der Waals surface area contributed by atoms with Crippen LogP contribution >= 0.6 is 0 Å². The first kappa shape index (κ1) is 19.1. The minimum absolute atomic E-state index is 0.156. The van der Waals surface area contributed by atoms with Crippen molar-refractivity contribution in [3.63, 3.8) is 0 Å². The third-order valence-corrected chi connectivity index (χ3v) is 5.98. The predicted octanol–water partition coefficient (Wildman–Crippen LogP) is 1.10. The van der Waals surface area contributed by atoms with Crippen LogP contribution in [0.3, 0.4) is 0 Å². The lowest BCUT2D eigenvalue weighted by atomic mass is 10.3. The molecular weight excluding hydrogens is 370 g/mol. The molecule has 0 spiro atoms. The number of pyridine rings is 1. The molecule has 1 saturated heterocycles. The van der Waals surface area contributed by atoms with Crippen LogP contribution in [0.1, 0.15) is 12.1 Å². The monoisotopic (exact) mass is 391 g/mol. The minimum atomic E-state index is -3.63. The number of nitrogens with zero attached hydrogens (tertiary/aromatic N) is 2. The maximum atomic E-state index is 12.8. The standard InChI is InChI=1S/C18H21N3O5S/c1-13-3-2-4-18(20-13)26-15-9-10-21(11-15)27(23,24)16-7-5-14(6-8-16)25-12-17(19)22/h2-8,15H,9-12H2,1H3,(H2,19,22)/t15-/m1/s1. The number of nitrogens with two attached hydrogens (primary N) is 1. The lowest BCUT2D eigenvalue weighted by Crippen LogP contribution is -2.31. The third kappa shape index (κ3) is 4.75. The van der Waals surface area contributed by atoms with Gasteiger partial charge in [0, 0.05) is 18.3 Å². The molecule has 1 aromatic heterocycles. The quantitative estimate of drug-likeness (QED) is 0.756. The summed E-state index contributed by atoms with van der Waals surface area (Å²) in [6, 6.07) is 11.4. The molecule has 27 heavy (non-hydrogen) atoms. The molecule has 1 aliphatic rings. The molecule has 0 saturated carbocycles. The Labute approximate surface area is 158 Å². The number of ether oxygens (including phenoxy) is 2. The van der Waals surface area contributed by atoms with Crippen molar-refractivity contribution in [1.82, 2.24) is 9.29 Å². The van der Waals surface area contributed by atoms with Gasteiger partial charge in [-0.05, 0) is 43.7 Å². The van der Waals surface area contributed by atoms with Gasteiger partial charge in [0.25, 0.3) is 5.91 Å². The molecule has 1 amide bonds. The van der Waals surface area contributed by atoms with E-state index in [2.05, 4.69) is 4.98 Å². The van der Waals surface area contributed by atoms with E-state index in [1.807, 2.05) is 19.1 Å². The fraction of sp³-hybridized carbons (Fsp3) is 0.333. The third-order valence-electron chi connectivity index (χ3n) is 4.10. The van der Waals surface area contributed by atoms with Gasteiger partial charge >= 0.3 is 0 Å². The number of sulfonamides is 1. The highest BCUT2D eigenvalue weighted by Gasteiger charge is 2.33. The Bertz CT molecular complexity index is 915. The lowest BCUT2D eigenvalue weighted by molar-refractivity contribution is -0.119. The summed E-state index contributed by atoms with van der Waals surface area (Å²) in [6.45, 7) is 2.25. The SMILES string of the molecule is Cc1cccc(O[C@@H]2CCN(S(=O)(=O)c3ccc(OCC(N)=O)cc3)C2)n1. The topological polar surface area (TPSA) is 112 Å². The number of benzene rings is 1. The van der Waals surface area contributed by atoms with Crippen molar-refractivity contribution in [1.29, 1.82) is 0 Å². The zero-order chi connectivity index (χ0) is 19.4. The van der Waals surface area contributed by atoms with E-state index in [0.29, 0.717) is 24.6 Å². The summed E-state index contributed by atoms with van der Waals surface area (Å²) in [6.07, 6.45) is 0.349. The first-order valence-electron chi connectivity index (χ1n) is 8.46. The van der Waals surface area contributed by atoms with E-state index in [1.54, 1.807) is 6.07 Å². The molecule has 2 heterocycles. The fourth-order valence-electron chi connectivity index (χ4n) is 2.78. The van der Waals surface area contributed by atoms with Crippen LogP contribution < -0.4 is 15.2 Å². The first-order chi connectivity index (χ1) is 12.8. The maximum absolute atomic E-state index is 12.8. The Kier molecular flexibility index (Phi) is 5.62. The zero-order valence-corrected chi connectivity index (χ0v) is 15.7. The Morgan fingerprint density at radius 2 is 2.00 bits per heavy atom. The predicted molar refractivity (Wildman–Crippen MR) is 97.9 cm³/mol. The lowest BCUT2D eigenvalue weighted by Gasteiger charge is -2.17. The van der Waals surface area contributed by atoms with Crippen molar-refractivity contribution in [3.8, 4) is 11.6 Å². The Hall–Kier alpha value is -2.65. The van der Waals surface area contributed by atoms with E-state index in [4.69, 9.17) is 15.2 Å². The van der Waals surface area contributed by atoms with Gasteiger partial charge < -0.3 is 15.2 Å². The van der Waals surface area contributed by atoms with Crippen LogP contribution in [0.25, 0.3) is 0 Å². The van der Waals surface area contributed by atoms with E-state index < -0.39 is 15.9 Å². The second kappa shape index (κ2) is 7.93. The molecule has 9 heteroatoms. The number of amides is 1. The summed E-state index contributed by atoms with van der Waals surface area (Å²) < 4.78 is 38.0. The van der Waals surface area contributed by atoms with Crippen molar-refractivity contribution in [2.24, 2.45) is 5.73 Å². The molecule has 0 bridgehead atoms. The van der Waals surface area contributed by atoms with Crippen LogP contribution in [-0.2, 0) is 14.8 Å². The number of hydrogen-bond acceptors (Lipinski definition) is 6. The van der Waals surface area contributed by atoms with Crippen molar-refractivity contribution in [2.75, 3.05) is 19.7 Å². The highest BCUT2D eigenvalue weighted by Crippen LogP contribution is 2.25. The van der Waals surface area contributed by atoms with Gasteiger partial charge in [0.1, 0.15) is 11.9 Å². The van der Waals surface area contributed by atoms with E-state index in [9.17, 15) is 13.2 Å². The number of aromatic nitrogens is 1. The fourth-order valence-corrected chi connectivity index (χ4v) is 4.26. The van der Waals surface area contributed by atoms with Crippen LogP contribution in [0.4, 0.5) is 0 Å². The molecule has 2 N–H and O–H groups in total. The largest absolute Gasteiger partial charge is 0.484 e. The number of carbonyl (C=O) groups is 1. The number of rotatable bonds is 7. The van der Waals surface area contributed by atoms with Crippen LogP contribution in [0.2, 0.25) is 0 Å². The smallest absolute Gasteiger partial charge is 0.255 e. The Morgan fingerprint density at radius 3 is 2.67 bits per heavy atom. The molecule has 144 valence electrons. The van der Waals surface area contributed by atoms with E-state index in [-0.39, 0.29) is 24.2 Å². The normalized spacial score (nSPS) is 17.6. The molecule has 8 nitrogen and oxygen atoms in total. The molecule has 1 atom stereocenters. The van der Waals surface area contributed by atoms with Gasteiger partial charge in [-0.25, -0.2) is 13.4 Å². The van der Waals surface area contributed by atoms with Crippen LogP contribution in [0.5, 0.6) is 11.6 Å². The van der Waals surface area contributed by atoms with Crippen molar-refractivity contribution in [2.45, 2.75) is 24.3 Å². The summed E-state index contributed by atoms with van der Waals surface area (Å²) in [5.41, 5.74) is 5.86. The van der Waals surface area contributed by atoms with Gasteiger partial charge in [-0.3, -0.25) is 4.79 Å². The van der Waals surface area contributed by atoms with Crippen molar-refractivity contribution >= 4 is 15.9 Å². The summed E-state index contributed by atoms with van der Waals surface area (Å²) in [4.78, 5) is 15.2. The second-order valence-electron chi connectivity index (χ2n) is 6.24.